The molecule has 0 spiro atoms. The van der Waals surface area contributed by atoms with Crippen molar-refractivity contribution in [3.8, 4) is 17.0 Å². The Labute approximate surface area is 121 Å². The van der Waals surface area contributed by atoms with Crippen molar-refractivity contribution in [2.24, 2.45) is 0 Å². The molecule has 0 amide bonds. The molecule has 1 aromatic heterocycles. The lowest BCUT2D eigenvalue weighted by molar-refractivity contribution is 0.475. The normalized spacial score (nSPS) is 10.4. The number of nitrogens with zero attached hydrogens (tertiary/aromatic N) is 1. The lowest BCUT2D eigenvalue weighted by atomic mass is 10.2. The van der Waals surface area contributed by atoms with Gasteiger partial charge >= 0.3 is 0 Å². The summed E-state index contributed by atoms with van der Waals surface area (Å²) in [4.78, 5) is 4.61. The van der Waals surface area contributed by atoms with E-state index in [9.17, 15) is 5.11 Å². The summed E-state index contributed by atoms with van der Waals surface area (Å²) in [5, 5.41) is 15.7. The zero-order valence-corrected chi connectivity index (χ0v) is 11.6. The summed E-state index contributed by atoms with van der Waals surface area (Å²) in [6.07, 6.45) is 0. The van der Waals surface area contributed by atoms with Crippen LogP contribution in [0.25, 0.3) is 11.3 Å². The Morgan fingerprint density at radius 1 is 1.05 bits per heavy atom. The quantitative estimate of drug-likeness (QED) is 0.756. The number of phenols is 1. The van der Waals surface area contributed by atoms with E-state index in [2.05, 4.69) is 27.8 Å². The van der Waals surface area contributed by atoms with Crippen molar-refractivity contribution < 1.29 is 5.11 Å². The maximum absolute atomic E-state index is 9.41. The molecule has 0 atom stereocenters. The predicted molar refractivity (Wildman–Crippen MR) is 83.0 cm³/mol. The first-order valence-corrected chi connectivity index (χ1v) is 7.22. The second kappa shape index (κ2) is 5.75. The Morgan fingerprint density at radius 2 is 1.90 bits per heavy atom. The third-order valence-corrected chi connectivity index (χ3v) is 3.76. The second-order valence-corrected chi connectivity index (χ2v) is 5.34. The average molecular weight is 282 g/mol. The van der Waals surface area contributed by atoms with Gasteiger partial charge in [-0.1, -0.05) is 36.4 Å². The molecule has 3 nitrogen and oxygen atoms in total. The Balaban J connectivity index is 1.69. The Morgan fingerprint density at radius 3 is 2.70 bits per heavy atom. The van der Waals surface area contributed by atoms with Crippen molar-refractivity contribution in [1.82, 2.24) is 4.98 Å². The van der Waals surface area contributed by atoms with Gasteiger partial charge in [-0.2, -0.15) is 0 Å². The fraction of sp³-hybridized carbons (Fsp3) is 0.0625. The average Bonchev–Trinajstić information content (AvgIpc) is 2.95. The smallest absolute Gasteiger partial charge is 0.117 e. The van der Waals surface area contributed by atoms with Crippen LogP contribution < -0.4 is 5.32 Å². The van der Waals surface area contributed by atoms with E-state index in [-0.39, 0.29) is 5.75 Å². The molecule has 0 aliphatic carbocycles. The van der Waals surface area contributed by atoms with Crippen LogP contribution in [0.3, 0.4) is 0 Å². The van der Waals surface area contributed by atoms with Crippen molar-refractivity contribution in [2.75, 3.05) is 5.32 Å². The number of hydrogen-bond donors (Lipinski definition) is 2. The molecule has 3 rings (SSSR count). The molecule has 20 heavy (non-hydrogen) atoms. The predicted octanol–water partition coefficient (Wildman–Crippen LogP) is 4.13. The van der Waals surface area contributed by atoms with Gasteiger partial charge in [0.25, 0.3) is 0 Å². The minimum absolute atomic E-state index is 0.263. The van der Waals surface area contributed by atoms with Crippen molar-refractivity contribution >= 4 is 17.0 Å². The van der Waals surface area contributed by atoms with Gasteiger partial charge in [0.05, 0.1) is 12.2 Å². The molecule has 0 radical (unpaired) electrons. The Kier molecular flexibility index (Phi) is 3.65. The van der Waals surface area contributed by atoms with Crippen LogP contribution in [-0.2, 0) is 6.54 Å². The van der Waals surface area contributed by atoms with Crippen molar-refractivity contribution in [3.63, 3.8) is 0 Å². The molecule has 0 aliphatic heterocycles. The first-order valence-electron chi connectivity index (χ1n) is 6.34. The van der Waals surface area contributed by atoms with E-state index in [4.69, 9.17) is 0 Å². The van der Waals surface area contributed by atoms with E-state index in [0.717, 1.165) is 22.0 Å². The monoisotopic (exact) mass is 282 g/mol. The standard InChI is InChI=1S/C16H14N2OS/c19-14-8-4-7-13(9-14)17-10-16-18-15(11-20-16)12-5-2-1-3-6-12/h1-9,11,17,19H,10H2. The van der Waals surface area contributed by atoms with E-state index in [1.807, 2.05) is 30.3 Å². The minimum Gasteiger partial charge on any atom is -0.508 e. The highest BCUT2D eigenvalue weighted by Crippen LogP contribution is 2.22. The third-order valence-electron chi connectivity index (χ3n) is 2.91. The number of aromatic hydroxyl groups is 1. The van der Waals surface area contributed by atoms with Gasteiger partial charge in [-0.3, -0.25) is 0 Å². The van der Waals surface area contributed by atoms with Crippen LogP contribution in [0.15, 0.2) is 60.0 Å². The second-order valence-electron chi connectivity index (χ2n) is 4.40. The van der Waals surface area contributed by atoms with Crippen molar-refractivity contribution in [2.45, 2.75) is 6.54 Å². The fourth-order valence-electron chi connectivity index (χ4n) is 1.93. The molecule has 1 heterocycles. The van der Waals surface area contributed by atoms with Crippen LogP contribution >= 0.6 is 11.3 Å². The lowest BCUT2D eigenvalue weighted by Crippen LogP contribution is -1.98. The number of rotatable bonds is 4. The maximum Gasteiger partial charge on any atom is 0.117 e. The summed E-state index contributed by atoms with van der Waals surface area (Å²) >= 11 is 1.63. The highest BCUT2D eigenvalue weighted by Gasteiger charge is 2.04. The van der Waals surface area contributed by atoms with Crippen LogP contribution in [0, 0.1) is 0 Å². The number of hydrogen-bond acceptors (Lipinski definition) is 4. The highest BCUT2D eigenvalue weighted by atomic mass is 32.1. The zero-order chi connectivity index (χ0) is 13.8. The van der Waals surface area contributed by atoms with Crippen LogP contribution in [0.1, 0.15) is 5.01 Å². The molecular weight excluding hydrogens is 268 g/mol. The lowest BCUT2D eigenvalue weighted by Gasteiger charge is -2.04. The number of nitrogens with one attached hydrogen (secondary N) is 1. The summed E-state index contributed by atoms with van der Waals surface area (Å²) in [6, 6.07) is 17.2. The van der Waals surface area contributed by atoms with Gasteiger partial charge in [0.15, 0.2) is 0 Å². The largest absolute Gasteiger partial charge is 0.508 e. The molecule has 0 aliphatic rings. The van der Waals surface area contributed by atoms with E-state index in [1.165, 1.54) is 0 Å². The van der Waals surface area contributed by atoms with Gasteiger partial charge < -0.3 is 10.4 Å². The van der Waals surface area contributed by atoms with Gasteiger partial charge in [-0.05, 0) is 12.1 Å². The van der Waals surface area contributed by atoms with E-state index < -0.39 is 0 Å². The molecule has 2 N–H and O–H groups in total. The summed E-state index contributed by atoms with van der Waals surface area (Å²) in [5.41, 5.74) is 3.03. The number of aromatic nitrogens is 1. The minimum atomic E-state index is 0.263. The van der Waals surface area contributed by atoms with Gasteiger partial charge in [-0.15, -0.1) is 11.3 Å². The molecule has 0 saturated heterocycles. The number of thiazole rings is 1. The number of phenolic OH excluding ortho intramolecular Hbond substituents is 1. The summed E-state index contributed by atoms with van der Waals surface area (Å²) in [5.74, 6) is 0.263. The van der Waals surface area contributed by atoms with Crippen LogP contribution in [-0.4, -0.2) is 10.1 Å². The molecule has 0 fully saturated rings. The van der Waals surface area contributed by atoms with Crippen LogP contribution in [0.4, 0.5) is 5.69 Å². The first-order chi connectivity index (χ1) is 9.81. The Bertz CT molecular complexity index is 694. The molecule has 3 aromatic rings. The van der Waals surface area contributed by atoms with Gasteiger partial charge in [0.1, 0.15) is 10.8 Å². The Hall–Kier alpha value is -2.33. The van der Waals surface area contributed by atoms with E-state index in [0.29, 0.717) is 6.54 Å². The molecule has 0 saturated carbocycles. The number of benzene rings is 2. The number of anilines is 1. The van der Waals surface area contributed by atoms with E-state index in [1.54, 1.807) is 23.5 Å². The topological polar surface area (TPSA) is 45.1 Å². The summed E-state index contributed by atoms with van der Waals surface area (Å²) in [6.45, 7) is 0.654. The van der Waals surface area contributed by atoms with Gasteiger partial charge in [0, 0.05) is 22.7 Å². The van der Waals surface area contributed by atoms with Gasteiger partial charge in [-0.25, -0.2) is 4.98 Å². The van der Waals surface area contributed by atoms with Gasteiger partial charge in [0.2, 0.25) is 0 Å². The van der Waals surface area contributed by atoms with Crippen molar-refractivity contribution in [1.29, 1.82) is 0 Å². The molecule has 4 heteroatoms. The molecule has 2 aromatic carbocycles. The molecule has 0 unspecified atom stereocenters. The molecule has 0 bridgehead atoms. The third kappa shape index (κ3) is 2.97. The molecule has 100 valence electrons. The highest BCUT2D eigenvalue weighted by molar-refractivity contribution is 7.09. The fourth-order valence-corrected chi connectivity index (χ4v) is 2.67. The maximum atomic E-state index is 9.41. The first kappa shape index (κ1) is 12.7. The van der Waals surface area contributed by atoms with Crippen LogP contribution in [0.5, 0.6) is 5.75 Å². The molecular formula is C16H14N2OS. The van der Waals surface area contributed by atoms with E-state index >= 15 is 0 Å². The van der Waals surface area contributed by atoms with Crippen LogP contribution in [0.2, 0.25) is 0 Å². The summed E-state index contributed by atoms with van der Waals surface area (Å²) < 4.78 is 0. The van der Waals surface area contributed by atoms with Crippen molar-refractivity contribution in [3.05, 3.63) is 65.0 Å². The zero-order valence-electron chi connectivity index (χ0n) is 10.8. The SMILES string of the molecule is Oc1cccc(NCc2nc(-c3ccccc3)cs2)c1. The summed E-state index contributed by atoms with van der Waals surface area (Å²) in [7, 11) is 0.